The van der Waals surface area contributed by atoms with Gasteiger partial charge in [-0.05, 0) is 18.6 Å². The fourth-order valence-electron chi connectivity index (χ4n) is 1.76. The molecule has 0 aliphatic heterocycles. The Bertz CT molecular complexity index is 539. The molecule has 7 nitrogen and oxygen atoms in total. The standard InChI is InChI=1S/C14H17F2NO6/c1-21-9-6-8(13(20)17-5-3-4-11(18)19)7-10(22-2)12(9)23-14(15)16/h6-7,14H,3-5H2,1-2H3,(H,17,20)(H,18,19). The van der Waals surface area contributed by atoms with Crippen molar-refractivity contribution in [3.05, 3.63) is 17.7 Å². The molecule has 1 aromatic rings. The van der Waals surface area contributed by atoms with Crippen molar-refractivity contribution in [2.75, 3.05) is 20.8 Å². The summed E-state index contributed by atoms with van der Waals surface area (Å²) in [7, 11) is 2.48. The van der Waals surface area contributed by atoms with E-state index in [-0.39, 0.29) is 42.2 Å². The van der Waals surface area contributed by atoms with E-state index in [1.165, 1.54) is 26.4 Å². The van der Waals surface area contributed by atoms with Gasteiger partial charge in [0, 0.05) is 18.5 Å². The summed E-state index contributed by atoms with van der Waals surface area (Å²) < 4.78 is 39.1. The molecule has 1 rings (SSSR count). The highest BCUT2D eigenvalue weighted by Crippen LogP contribution is 2.39. The molecular weight excluding hydrogens is 316 g/mol. The number of benzene rings is 1. The van der Waals surface area contributed by atoms with Crippen LogP contribution in [0.15, 0.2) is 12.1 Å². The maximum absolute atomic E-state index is 12.4. The lowest BCUT2D eigenvalue weighted by Gasteiger charge is -2.15. The van der Waals surface area contributed by atoms with Crippen LogP contribution in [0, 0.1) is 0 Å². The highest BCUT2D eigenvalue weighted by molar-refractivity contribution is 5.95. The molecule has 0 fully saturated rings. The Labute approximate surface area is 131 Å². The van der Waals surface area contributed by atoms with Gasteiger partial charge in [-0.2, -0.15) is 8.78 Å². The number of methoxy groups -OCH3 is 2. The predicted octanol–water partition coefficient (Wildman–Crippen LogP) is 1.90. The van der Waals surface area contributed by atoms with Crippen molar-refractivity contribution in [3.8, 4) is 17.2 Å². The van der Waals surface area contributed by atoms with Crippen LogP contribution in [0.2, 0.25) is 0 Å². The number of alkyl halides is 2. The molecule has 0 radical (unpaired) electrons. The minimum Gasteiger partial charge on any atom is -0.493 e. The Morgan fingerprint density at radius 1 is 1.22 bits per heavy atom. The molecule has 0 saturated heterocycles. The number of aliphatic carboxylic acids is 1. The van der Waals surface area contributed by atoms with Gasteiger partial charge >= 0.3 is 12.6 Å². The van der Waals surface area contributed by atoms with Crippen molar-refractivity contribution in [3.63, 3.8) is 0 Å². The first-order valence-electron chi connectivity index (χ1n) is 6.59. The van der Waals surface area contributed by atoms with Crippen LogP contribution >= 0.6 is 0 Å². The predicted molar refractivity (Wildman–Crippen MR) is 75.4 cm³/mol. The zero-order chi connectivity index (χ0) is 17.4. The summed E-state index contributed by atoms with van der Waals surface area (Å²) in [6, 6.07) is 2.46. The highest BCUT2D eigenvalue weighted by Gasteiger charge is 2.20. The third-order valence-electron chi connectivity index (χ3n) is 2.78. The van der Waals surface area contributed by atoms with Crippen LogP contribution in [0.4, 0.5) is 8.78 Å². The van der Waals surface area contributed by atoms with Crippen molar-refractivity contribution < 1.29 is 37.7 Å². The van der Waals surface area contributed by atoms with Crippen LogP contribution in [0.5, 0.6) is 17.2 Å². The number of carbonyl (C=O) groups excluding carboxylic acids is 1. The van der Waals surface area contributed by atoms with Gasteiger partial charge in [-0.3, -0.25) is 9.59 Å². The van der Waals surface area contributed by atoms with Gasteiger partial charge in [0.25, 0.3) is 5.91 Å². The molecule has 0 spiro atoms. The molecule has 0 bridgehead atoms. The molecule has 2 N–H and O–H groups in total. The fraction of sp³-hybridized carbons (Fsp3) is 0.429. The molecule has 1 amide bonds. The van der Waals surface area contributed by atoms with E-state index in [1.54, 1.807) is 0 Å². The number of rotatable bonds is 9. The van der Waals surface area contributed by atoms with Gasteiger partial charge in [-0.25, -0.2) is 0 Å². The molecule has 0 atom stereocenters. The summed E-state index contributed by atoms with van der Waals surface area (Å²) in [5, 5.41) is 11.0. The molecule has 0 aliphatic carbocycles. The van der Waals surface area contributed by atoms with E-state index in [0.717, 1.165) is 0 Å². The lowest BCUT2D eigenvalue weighted by atomic mass is 10.1. The smallest absolute Gasteiger partial charge is 0.387 e. The summed E-state index contributed by atoms with van der Waals surface area (Å²) in [6.07, 6.45) is 0.190. The van der Waals surface area contributed by atoms with Gasteiger partial charge < -0.3 is 24.6 Å². The van der Waals surface area contributed by atoms with E-state index in [4.69, 9.17) is 14.6 Å². The van der Waals surface area contributed by atoms with Crippen molar-refractivity contribution in [1.82, 2.24) is 5.32 Å². The monoisotopic (exact) mass is 333 g/mol. The Kier molecular flexibility index (Phi) is 7.04. The summed E-state index contributed by atoms with van der Waals surface area (Å²) in [5.41, 5.74) is 0.107. The zero-order valence-corrected chi connectivity index (χ0v) is 12.6. The lowest BCUT2D eigenvalue weighted by molar-refractivity contribution is -0.137. The summed E-state index contributed by atoms with van der Waals surface area (Å²) in [6.45, 7) is -2.92. The van der Waals surface area contributed by atoms with Crippen LogP contribution < -0.4 is 19.5 Å². The number of hydrogen-bond acceptors (Lipinski definition) is 5. The minimum absolute atomic E-state index is 0.0753. The van der Waals surface area contributed by atoms with E-state index >= 15 is 0 Å². The van der Waals surface area contributed by atoms with Crippen molar-refractivity contribution in [2.24, 2.45) is 0 Å². The second kappa shape index (κ2) is 8.76. The molecular formula is C14H17F2NO6. The molecule has 0 aromatic heterocycles. The number of ether oxygens (including phenoxy) is 3. The van der Waals surface area contributed by atoms with Gasteiger partial charge in [0.15, 0.2) is 11.5 Å². The maximum atomic E-state index is 12.4. The van der Waals surface area contributed by atoms with Gasteiger partial charge in [-0.1, -0.05) is 0 Å². The zero-order valence-electron chi connectivity index (χ0n) is 12.6. The minimum atomic E-state index is -3.08. The van der Waals surface area contributed by atoms with E-state index < -0.39 is 18.5 Å². The van der Waals surface area contributed by atoms with Gasteiger partial charge in [0.1, 0.15) is 0 Å². The number of amides is 1. The molecule has 0 heterocycles. The molecule has 128 valence electrons. The molecule has 1 aromatic carbocycles. The number of hydrogen-bond donors (Lipinski definition) is 2. The second-order valence-corrected chi connectivity index (χ2v) is 4.34. The van der Waals surface area contributed by atoms with Crippen molar-refractivity contribution in [2.45, 2.75) is 19.5 Å². The first-order chi connectivity index (χ1) is 10.9. The summed E-state index contributed by atoms with van der Waals surface area (Å²) >= 11 is 0. The first kappa shape index (κ1) is 18.5. The molecule has 9 heteroatoms. The van der Waals surface area contributed by atoms with Gasteiger partial charge in [-0.15, -0.1) is 0 Å². The molecule has 0 saturated carbocycles. The quantitative estimate of drug-likeness (QED) is 0.670. The van der Waals surface area contributed by atoms with Gasteiger partial charge in [0.2, 0.25) is 5.75 Å². The third-order valence-corrected chi connectivity index (χ3v) is 2.78. The number of halogens is 2. The molecule has 0 unspecified atom stereocenters. The number of carboxylic acids is 1. The van der Waals surface area contributed by atoms with Crippen LogP contribution in [-0.2, 0) is 4.79 Å². The third kappa shape index (κ3) is 5.61. The maximum Gasteiger partial charge on any atom is 0.387 e. The summed E-state index contributed by atoms with van der Waals surface area (Å²) in [5.74, 6) is -1.96. The molecule has 23 heavy (non-hydrogen) atoms. The average molecular weight is 333 g/mol. The van der Waals surface area contributed by atoms with E-state index in [2.05, 4.69) is 10.1 Å². The fourth-order valence-corrected chi connectivity index (χ4v) is 1.76. The lowest BCUT2D eigenvalue weighted by Crippen LogP contribution is -2.25. The second-order valence-electron chi connectivity index (χ2n) is 4.34. The van der Waals surface area contributed by atoms with Crippen LogP contribution in [0.3, 0.4) is 0 Å². The normalized spacial score (nSPS) is 10.3. The Balaban J connectivity index is 2.90. The molecule has 0 aliphatic rings. The van der Waals surface area contributed by atoms with E-state index in [0.29, 0.717) is 0 Å². The number of carboxylic acid groups (broad SMARTS) is 1. The highest BCUT2D eigenvalue weighted by atomic mass is 19.3. The Morgan fingerprint density at radius 2 is 1.78 bits per heavy atom. The summed E-state index contributed by atoms with van der Waals surface area (Å²) in [4.78, 5) is 22.4. The van der Waals surface area contributed by atoms with Gasteiger partial charge in [0.05, 0.1) is 14.2 Å². The Morgan fingerprint density at radius 3 is 2.22 bits per heavy atom. The van der Waals surface area contributed by atoms with Crippen LogP contribution in [0.1, 0.15) is 23.2 Å². The van der Waals surface area contributed by atoms with Crippen molar-refractivity contribution >= 4 is 11.9 Å². The Hall–Kier alpha value is -2.58. The van der Waals surface area contributed by atoms with Crippen LogP contribution in [-0.4, -0.2) is 44.4 Å². The number of nitrogens with one attached hydrogen (secondary N) is 1. The first-order valence-corrected chi connectivity index (χ1v) is 6.59. The SMILES string of the molecule is COc1cc(C(=O)NCCCC(=O)O)cc(OC)c1OC(F)F. The topological polar surface area (TPSA) is 94.1 Å². The number of carbonyl (C=O) groups is 2. The van der Waals surface area contributed by atoms with E-state index in [9.17, 15) is 18.4 Å². The van der Waals surface area contributed by atoms with E-state index in [1.807, 2.05) is 0 Å². The average Bonchev–Trinajstić information content (AvgIpc) is 2.50. The van der Waals surface area contributed by atoms with Crippen molar-refractivity contribution in [1.29, 1.82) is 0 Å². The van der Waals surface area contributed by atoms with Crippen LogP contribution in [0.25, 0.3) is 0 Å². The largest absolute Gasteiger partial charge is 0.493 e.